The van der Waals surface area contributed by atoms with Gasteiger partial charge in [-0.05, 0) is 6.92 Å². The molecule has 0 aliphatic rings. The van der Waals surface area contributed by atoms with E-state index in [1.165, 1.54) is 6.26 Å². The van der Waals surface area contributed by atoms with Crippen molar-refractivity contribution in [2.75, 3.05) is 18.6 Å². The Morgan fingerprint density at radius 3 is 2.88 bits per heavy atom. The molecule has 0 saturated heterocycles. The highest BCUT2D eigenvalue weighted by atomic mass is 32.2. The lowest BCUT2D eigenvalue weighted by Gasteiger charge is -2.11. The molecule has 0 fully saturated rings. The smallest absolute Gasteiger partial charge is 0.148 e. The van der Waals surface area contributed by atoms with E-state index < -0.39 is 9.84 Å². The molecule has 7 heteroatoms. The van der Waals surface area contributed by atoms with Crippen LogP contribution in [0.2, 0.25) is 0 Å². The Hall–Kier alpha value is -0.920. The molecule has 1 heterocycles. The van der Waals surface area contributed by atoms with E-state index >= 15 is 0 Å². The molecule has 98 valence electrons. The topological polar surface area (TPSA) is 84.2 Å². The minimum absolute atomic E-state index is 0.0546. The number of rotatable bonds is 7. The van der Waals surface area contributed by atoms with E-state index in [1.54, 1.807) is 10.9 Å². The zero-order valence-corrected chi connectivity index (χ0v) is 10.9. The number of nitrogens with zero attached hydrogens (tertiary/aromatic N) is 2. The van der Waals surface area contributed by atoms with Crippen LogP contribution in [-0.4, -0.2) is 48.0 Å². The normalized spacial score (nSPS) is 13.8. The largest absolute Gasteiger partial charge is 0.394 e. The molecule has 0 aliphatic carbocycles. The summed E-state index contributed by atoms with van der Waals surface area (Å²) in [5.41, 5.74) is 0.971. The quantitative estimate of drug-likeness (QED) is 0.684. The first-order valence-corrected chi connectivity index (χ1v) is 7.50. The summed E-state index contributed by atoms with van der Waals surface area (Å²) in [5.74, 6) is 0.123. The van der Waals surface area contributed by atoms with Gasteiger partial charge in [0.25, 0.3) is 0 Å². The van der Waals surface area contributed by atoms with Crippen LogP contribution < -0.4 is 5.32 Å². The summed E-state index contributed by atoms with van der Waals surface area (Å²) in [4.78, 5) is 0. The molecule has 0 amide bonds. The van der Waals surface area contributed by atoms with Crippen molar-refractivity contribution in [1.82, 2.24) is 15.1 Å². The summed E-state index contributed by atoms with van der Waals surface area (Å²) < 4.78 is 23.8. The second-order valence-corrected chi connectivity index (χ2v) is 6.39. The lowest BCUT2D eigenvalue weighted by Crippen LogP contribution is -2.32. The first kappa shape index (κ1) is 14.1. The molecule has 2 N–H and O–H groups in total. The highest BCUT2D eigenvalue weighted by molar-refractivity contribution is 7.90. The van der Waals surface area contributed by atoms with E-state index in [-0.39, 0.29) is 18.4 Å². The van der Waals surface area contributed by atoms with Gasteiger partial charge in [0.15, 0.2) is 0 Å². The molecule has 0 saturated carbocycles. The van der Waals surface area contributed by atoms with Crippen LogP contribution in [0.15, 0.2) is 12.4 Å². The average molecular weight is 261 g/mol. The molecule has 0 aliphatic heterocycles. The van der Waals surface area contributed by atoms with E-state index in [0.717, 1.165) is 5.56 Å². The molecule has 17 heavy (non-hydrogen) atoms. The molecule has 1 atom stereocenters. The average Bonchev–Trinajstić information content (AvgIpc) is 2.61. The third-order valence-electron chi connectivity index (χ3n) is 2.22. The summed E-state index contributed by atoms with van der Waals surface area (Å²) in [7, 11) is -2.95. The fourth-order valence-corrected chi connectivity index (χ4v) is 2.55. The van der Waals surface area contributed by atoms with E-state index in [1.807, 2.05) is 13.1 Å². The zero-order valence-electron chi connectivity index (χ0n) is 10.1. The summed E-state index contributed by atoms with van der Waals surface area (Å²) in [5, 5.41) is 15.9. The molecule has 0 aromatic carbocycles. The summed E-state index contributed by atoms with van der Waals surface area (Å²) in [6.45, 7) is 2.93. The fraction of sp³-hybridized carbons (Fsp3) is 0.700. The van der Waals surface area contributed by atoms with E-state index in [0.29, 0.717) is 13.1 Å². The minimum Gasteiger partial charge on any atom is -0.394 e. The lowest BCUT2D eigenvalue weighted by molar-refractivity contribution is 0.269. The van der Waals surface area contributed by atoms with E-state index in [9.17, 15) is 8.42 Å². The number of hydrogen-bond donors (Lipinski definition) is 2. The predicted octanol–water partition coefficient (Wildman–Crippen LogP) is -0.602. The minimum atomic E-state index is -2.95. The third kappa shape index (κ3) is 5.81. The maximum Gasteiger partial charge on any atom is 0.148 e. The highest BCUT2D eigenvalue weighted by Crippen LogP contribution is 1.99. The van der Waals surface area contributed by atoms with Crippen molar-refractivity contribution in [2.24, 2.45) is 0 Å². The zero-order chi connectivity index (χ0) is 12.9. The van der Waals surface area contributed by atoms with Crippen LogP contribution in [0.1, 0.15) is 12.5 Å². The second-order valence-electron chi connectivity index (χ2n) is 4.21. The van der Waals surface area contributed by atoms with Crippen molar-refractivity contribution in [3.63, 3.8) is 0 Å². The van der Waals surface area contributed by atoms with Gasteiger partial charge in [-0.1, -0.05) is 0 Å². The summed E-state index contributed by atoms with van der Waals surface area (Å²) in [6, 6.07) is -0.0915. The van der Waals surface area contributed by atoms with Gasteiger partial charge in [-0.15, -0.1) is 0 Å². The Morgan fingerprint density at radius 2 is 2.29 bits per heavy atom. The van der Waals surface area contributed by atoms with Crippen molar-refractivity contribution >= 4 is 9.84 Å². The van der Waals surface area contributed by atoms with Gasteiger partial charge in [0.2, 0.25) is 0 Å². The number of sulfone groups is 1. The van der Waals surface area contributed by atoms with Crippen LogP contribution in [0.3, 0.4) is 0 Å². The first-order chi connectivity index (χ1) is 7.90. The van der Waals surface area contributed by atoms with Gasteiger partial charge in [0, 0.05) is 30.6 Å². The van der Waals surface area contributed by atoms with Gasteiger partial charge in [-0.2, -0.15) is 5.10 Å². The van der Waals surface area contributed by atoms with Gasteiger partial charge >= 0.3 is 0 Å². The lowest BCUT2D eigenvalue weighted by atomic mass is 10.3. The Morgan fingerprint density at radius 1 is 1.59 bits per heavy atom. The van der Waals surface area contributed by atoms with Crippen LogP contribution in [0.5, 0.6) is 0 Å². The highest BCUT2D eigenvalue weighted by Gasteiger charge is 2.10. The molecule has 0 radical (unpaired) electrons. The van der Waals surface area contributed by atoms with Gasteiger partial charge in [0.1, 0.15) is 9.84 Å². The number of aliphatic hydroxyl groups excluding tert-OH is 1. The fourth-order valence-electron chi connectivity index (χ4n) is 1.53. The number of aliphatic hydroxyl groups is 1. The molecule has 6 nitrogen and oxygen atoms in total. The first-order valence-electron chi connectivity index (χ1n) is 5.44. The summed E-state index contributed by atoms with van der Waals surface area (Å²) in [6.07, 6.45) is 4.76. The van der Waals surface area contributed by atoms with Crippen LogP contribution in [-0.2, 0) is 22.9 Å². The predicted molar refractivity (Wildman–Crippen MR) is 65.3 cm³/mol. The number of hydrogen-bond acceptors (Lipinski definition) is 5. The second kappa shape index (κ2) is 6.13. The van der Waals surface area contributed by atoms with Crippen LogP contribution in [0.25, 0.3) is 0 Å². The van der Waals surface area contributed by atoms with Crippen LogP contribution in [0, 0.1) is 0 Å². The maximum absolute atomic E-state index is 11.1. The Balaban J connectivity index is 2.39. The third-order valence-corrected chi connectivity index (χ3v) is 3.33. The molecule has 0 spiro atoms. The SMILES string of the molecule is CC(CS(C)(=O)=O)NCc1cnn(CCO)c1. The van der Waals surface area contributed by atoms with Crippen molar-refractivity contribution in [3.05, 3.63) is 18.0 Å². The Bertz CT molecular complexity index is 441. The van der Waals surface area contributed by atoms with E-state index in [2.05, 4.69) is 10.4 Å². The standard InChI is InChI=1S/C10H19N3O3S/c1-9(8-17(2,15)16)11-5-10-6-12-13(7-10)3-4-14/h6-7,9,11,14H,3-5,8H2,1-2H3. The molecule has 1 aromatic heterocycles. The Kier molecular flexibility index (Phi) is 5.10. The molecule has 1 unspecified atom stereocenters. The monoisotopic (exact) mass is 261 g/mol. The van der Waals surface area contributed by atoms with Crippen molar-refractivity contribution in [1.29, 1.82) is 0 Å². The molecular formula is C10H19N3O3S. The molecule has 1 aromatic rings. The van der Waals surface area contributed by atoms with Gasteiger partial charge < -0.3 is 10.4 Å². The number of nitrogens with one attached hydrogen (secondary N) is 1. The molecular weight excluding hydrogens is 242 g/mol. The van der Waals surface area contributed by atoms with Gasteiger partial charge in [-0.3, -0.25) is 4.68 Å². The van der Waals surface area contributed by atoms with Crippen molar-refractivity contribution in [3.8, 4) is 0 Å². The molecule has 0 bridgehead atoms. The van der Waals surface area contributed by atoms with Gasteiger partial charge in [0.05, 0.1) is 25.1 Å². The maximum atomic E-state index is 11.1. The Labute approximate surface area is 102 Å². The van der Waals surface area contributed by atoms with E-state index in [4.69, 9.17) is 5.11 Å². The number of aromatic nitrogens is 2. The van der Waals surface area contributed by atoms with Crippen LogP contribution >= 0.6 is 0 Å². The molecule has 1 rings (SSSR count). The van der Waals surface area contributed by atoms with Crippen LogP contribution in [0.4, 0.5) is 0 Å². The van der Waals surface area contributed by atoms with Crippen molar-refractivity contribution < 1.29 is 13.5 Å². The van der Waals surface area contributed by atoms with Crippen molar-refractivity contribution in [2.45, 2.75) is 26.1 Å². The van der Waals surface area contributed by atoms with Gasteiger partial charge in [-0.25, -0.2) is 8.42 Å². The summed E-state index contributed by atoms with van der Waals surface area (Å²) >= 11 is 0.